The van der Waals surface area contributed by atoms with Crippen LogP contribution in [-0.4, -0.2) is 87.0 Å². The molecule has 3 amide bonds. The number of aliphatic hydroxyl groups is 2. The van der Waals surface area contributed by atoms with Crippen molar-refractivity contribution in [2.75, 3.05) is 6.61 Å². The lowest BCUT2D eigenvalue weighted by Gasteiger charge is -2.27. The molecule has 0 radical (unpaired) electrons. The van der Waals surface area contributed by atoms with Gasteiger partial charge in [-0.3, -0.25) is 19.2 Å². The summed E-state index contributed by atoms with van der Waals surface area (Å²) >= 11 is 0. The minimum atomic E-state index is -1.64. The summed E-state index contributed by atoms with van der Waals surface area (Å²) in [6.45, 7) is 3.40. The van der Waals surface area contributed by atoms with Gasteiger partial charge in [-0.15, -0.1) is 0 Å². The Bertz CT molecular complexity index is 624. The number of hydrogen-bond donors (Lipinski definition) is 8. The number of aliphatic carboxylic acids is 2. The quantitative estimate of drug-likeness (QED) is 0.154. The number of nitrogens with one attached hydrogen (secondary N) is 3. The summed E-state index contributed by atoms with van der Waals surface area (Å²) in [5, 5.41) is 42.8. The molecule has 0 saturated heterocycles. The van der Waals surface area contributed by atoms with Crippen molar-refractivity contribution in [2.24, 2.45) is 11.7 Å². The first-order valence-corrected chi connectivity index (χ1v) is 8.72. The molecule has 0 aliphatic rings. The molecule has 29 heavy (non-hydrogen) atoms. The maximum Gasteiger partial charge on any atom is 0.328 e. The average molecular weight is 420 g/mol. The SMILES string of the molecule is CC(C)C(NC(=O)C(N)CC(=O)O)C(=O)NC(C(=O)NC(CO)C(=O)O)C(C)O. The van der Waals surface area contributed by atoms with E-state index in [1.165, 1.54) is 6.92 Å². The summed E-state index contributed by atoms with van der Waals surface area (Å²) in [7, 11) is 0. The van der Waals surface area contributed by atoms with Crippen LogP contribution in [0.4, 0.5) is 0 Å². The molecule has 0 aliphatic heterocycles. The second-order valence-electron chi connectivity index (χ2n) is 6.74. The van der Waals surface area contributed by atoms with Crippen molar-refractivity contribution >= 4 is 29.7 Å². The van der Waals surface area contributed by atoms with Crippen molar-refractivity contribution in [3.8, 4) is 0 Å². The lowest BCUT2D eigenvalue weighted by atomic mass is 10.0. The highest BCUT2D eigenvalue weighted by atomic mass is 16.4. The van der Waals surface area contributed by atoms with Crippen molar-refractivity contribution in [3.05, 3.63) is 0 Å². The molecule has 0 aromatic rings. The van der Waals surface area contributed by atoms with E-state index in [-0.39, 0.29) is 0 Å². The third-order valence-corrected chi connectivity index (χ3v) is 3.84. The third-order valence-electron chi connectivity index (χ3n) is 3.84. The van der Waals surface area contributed by atoms with E-state index in [9.17, 15) is 29.1 Å². The molecule has 13 nitrogen and oxygen atoms in total. The number of hydrogen-bond acceptors (Lipinski definition) is 8. The van der Waals surface area contributed by atoms with Crippen LogP contribution in [0, 0.1) is 5.92 Å². The number of nitrogens with two attached hydrogens (primary N) is 1. The van der Waals surface area contributed by atoms with Gasteiger partial charge in [0.25, 0.3) is 0 Å². The Morgan fingerprint density at radius 2 is 1.34 bits per heavy atom. The van der Waals surface area contributed by atoms with Crippen LogP contribution in [0.25, 0.3) is 0 Å². The predicted molar refractivity (Wildman–Crippen MR) is 97.3 cm³/mol. The van der Waals surface area contributed by atoms with Gasteiger partial charge in [0.2, 0.25) is 17.7 Å². The van der Waals surface area contributed by atoms with Crippen LogP contribution in [0.2, 0.25) is 0 Å². The van der Waals surface area contributed by atoms with E-state index in [4.69, 9.17) is 21.1 Å². The Morgan fingerprint density at radius 3 is 1.72 bits per heavy atom. The summed E-state index contributed by atoms with van der Waals surface area (Å²) in [5.74, 6) is -6.17. The molecule has 0 aromatic carbocycles. The average Bonchev–Trinajstić information content (AvgIpc) is 2.59. The molecule has 0 spiro atoms. The van der Waals surface area contributed by atoms with Crippen LogP contribution in [0.1, 0.15) is 27.2 Å². The molecule has 166 valence electrons. The first-order chi connectivity index (χ1) is 13.3. The molecule has 5 unspecified atom stereocenters. The van der Waals surface area contributed by atoms with Crippen molar-refractivity contribution < 1.29 is 44.4 Å². The highest BCUT2D eigenvalue weighted by molar-refractivity contribution is 5.95. The summed E-state index contributed by atoms with van der Waals surface area (Å²) in [6, 6.07) is -5.85. The first kappa shape index (κ1) is 26.2. The smallest absolute Gasteiger partial charge is 0.328 e. The first-order valence-electron chi connectivity index (χ1n) is 8.72. The lowest BCUT2D eigenvalue weighted by Crippen LogP contribution is -2.61. The minimum Gasteiger partial charge on any atom is -0.481 e. The van der Waals surface area contributed by atoms with Gasteiger partial charge >= 0.3 is 11.9 Å². The Morgan fingerprint density at radius 1 is 0.862 bits per heavy atom. The zero-order chi connectivity index (χ0) is 22.9. The fourth-order valence-electron chi connectivity index (χ4n) is 2.17. The summed E-state index contributed by atoms with van der Waals surface area (Å²) < 4.78 is 0. The molecule has 0 fully saturated rings. The maximum absolute atomic E-state index is 12.5. The number of aliphatic hydroxyl groups excluding tert-OH is 2. The van der Waals surface area contributed by atoms with Gasteiger partial charge in [-0.2, -0.15) is 0 Å². The van der Waals surface area contributed by atoms with Crippen molar-refractivity contribution in [1.82, 2.24) is 16.0 Å². The predicted octanol–water partition coefficient (Wildman–Crippen LogP) is -3.64. The van der Waals surface area contributed by atoms with E-state index in [0.717, 1.165) is 0 Å². The molecule has 0 aromatic heterocycles. The number of carbonyl (C=O) groups excluding carboxylic acids is 3. The lowest BCUT2D eigenvalue weighted by molar-refractivity contribution is -0.144. The summed E-state index contributed by atoms with van der Waals surface area (Å²) in [6.07, 6.45) is -2.10. The van der Waals surface area contributed by atoms with Gasteiger partial charge < -0.3 is 42.1 Å². The standard InChI is InChI=1S/C16H28N4O9/c1-6(2)11(19-13(25)8(17)4-10(23)24)14(26)20-12(7(3)22)15(27)18-9(5-21)16(28)29/h6-9,11-12,21-22H,4-5,17H2,1-3H3,(H,18,27)(H,19,25)(H,20,26)(H,23,24)(H,28,29). The van der Waals surface area contributed by atoms with Gasteiger partial charge in [0.1, 0.15) is 18.1 Å². The highest BCUT2D eigenvalue weighted by Crippen LogP contribution is 2.05. The van der Waals surface area contributed by atoms with Crippen LogP contribution < -0.4 is 21.7 Å². The Balaban J connectivity index is 5.28. The van der Waals surface area contributed by atoms with Crippen LogP contribution in [0.3, 0.4) is 0 Å². The third kappa shape index (κ3) is 8.85. The van der Waals surface area contributed by atoms with Crippen molar-refractivity contribution in [2.45, 2.75) is 57.5 Å². The van der Waals surface area contributed by atoms with E-state index in [0.29, 0.717) is 0 Å². The number of carboxylic acids is 2. The number of amides is 3. The van der Waals surface area contributed by atoms with E-state index in [1.807, 2.05) is 5.32 Å². The molecule has 0 aliphatic carbocycles. The number of rotatable bonds is 12. The zero-order valence-electron chi connectivity index (χ0n) is 16.3. The molecule has 0 saturated carbocycles. The van der Waals surface area contributed by atoms with Crippen LogP contribution >= 0.6 is 0 Å². The van der Waals surface area contributed by atoms with Gasteiger partial charge in [0.05, 0.1) is 25.2 Å². The second-order valence-corrected chi connectivity index (χ2v) is 6.74. The van der Waals surface area contributed by atoms with E-state index >= 15 is 0 Å². The topological polar surface area (TPSA) is 228 Å². The summed E-state index contributed by atoms with van der Waals surface area (Å²) in [4.78, 5) is 58.3. The van der Waals surface area contributed by atoms with E-state index in [1.54, 1.807) is 13.8 Å². The van der Waals surface area contributed by atoms with E-state index < -0.39 is 78.9 Å². The van der Waals surface area contributed by atoms with Gasteiger partial charge in [0.15, 0.2) is 0 Å². The fraction of sp³-hybridized carbons (Fsp3) is 0.688. The maximum atomic E-state index is 12.5. The van der Waals surface area contributed by atoms with Crippen molar-refractivity contribution in [1.29, 1.82) is 0 Å². The Labute approximate surface area is 166 Å². The molecular formula is C16H28N4O9. The summed E-state index contributed by atoms with van der Waals surface area (Å²) in [5.41, 5.74) is 5.45. The van der Waals surface area contributed by atoms with Crippen LogP contribution in [0.5, 0.6) is 0 Å². The molecule has 0 bridgehead atoms. The number of carboxylic acid groups (broad SMARTS) is 2. The fourth-order valence-corrected chi connectivity index (χ4v) is 2.17. The van der Waals surface area contributed by atoms with Gasteiger partial charge in [-0.05, 0) is 12.8 Å². The Kier molecular flexibility index (Phi) is 10.8. The molecule has 0 rings (SSSR count). The largest absolute Gasteiger partial charge is 0.481 e. The second kappa shape index (κ2) is 11.9. The molecular weight excluding hydrogens is 392 g/mol. The molecule has 13 heteroatoms. The number of carbonyl (C=O) groups is 5. The van der Waals surface area contributed by atoms with Gasteiger partial charge in [0, 0.05) is 0 Å². The van der Waals surface area contributed by atoms with Gasteiger partial charge in [-0.1, -0.05) is 13.8 Å². The molecule has 9 N–H and O–H groups in total. The minimum absolute atomic E-state index is 0.502. The molecule has 5 atom stereocenters. The van der Waals surface area contributed by atoms with E-state index in [2.05, 4.69) is 10.6 Å². The van der Waals surface area contributed by atoms with Crippen LogP contribution in [-0.2, 0) is 24.0 Å². The highest BCUT2D eigenvalue weighted by Gasteiger charge is 2.33. The normalized spacial score (nSPS) is 16.1. The monoisotopic (exact) mass is 420 g/mol. The van der Waals surface area contributed by atoms with Crippen LogP contribution in [0.15, 0.2) is 0 Å². The van der Waals surface area contributed by atoms with Gasteiger partial charge in [-0.25, -0.2) is 4.79 Å². The molecule has 0 heterocycles. The van der Waals surface area contributed by atoms with Crippen molar-refractivity contribution in [3.63, 3.8) is 0 Å². The zero-order valence-corrected chi connectivity index (χ0v) is 16.3. The Hall–Kier alpha value is -2.77.